The van der Waals surface area contributed by atoms with Crippen LogP contribution in [0, 0.1) is 0 Å². The third kappa shape index (κ3) is 2.89. The van der Waals surface area contributed by atoms with Crippen LogP contribution in [0.25, 0.3) is 0 Å². The molecule has 0 unspecified atom stereocenters. The highest BCUT2D eigenvalue weighted by Crippen LogP contribution is 2.24. The lowest BCUT2D eigenvalue weighted by molar-refractivity contribution is 0.401. The molecular weight excluding hydrogens is 302 g/mol. The molecule has 0 amide bonds. The number of nitrogens with two attached hydrogens (primary N) is 1. The van der Waals surface area contributed by atoms with E-state index in [9.17, 15) is 0 Å². The molecule has 2 rings (SSSR count). The first-order valence-electron chi connectivity index (χ1n) is 4.97. The maximum absolute atomic E-state index is 5.69. The van der Waals surface area contributed by atoms with Crippen LogP contribution in [0.5, 0.6) is 5.88 Å². The molecule has 0 aliphatic heterocycles. The van der Waals surface area contributed by atoms with Crippen molar-refractivity contribution >= 4 is 38.8 Å². The standard InChI is InChI=1S/C11H12BrN3OS/c1-16-11-8(13)2-3-10(15-11)14-6-9-7(12)4-5-17-9/h2-5H,6,13H2,1H3,(H,14,15). The van der Waals surface area contributed by atoms with Crippen LogP contribution < -0.4 is 15.8 Å². The second-order valence-electron chi connectivity index (χ2n) is 3.34. The third-order valence-corrected chi connectivity index (χ3v) is 4.13. The molecule has 0 aliphatic rings. The first-order valence-corrected chi connectivity index (χ1v) is 6.64. The summed E-state index contributed by atoms with van der Waals surface area (Å²) in [4.78, 5) is 5.48. The fourth-order valence-corrected chi connectivity index (χ4v) is 2.77. The van der Waals surface area contributed by atoms with Crippen molar-refractivity contribution in [2.24, 2.45) is 0 Å². The number of hydrogen-bond donors (Lipinski definition) is 2. The lowest BCUT2D eigenvalue weighted by Gasteiger charge is -2.08. The largest absolute Gasteiger partial charge is 0.479 e. The summed E-state index contributed by atoms with van der Waals surface area (Å²) in [6.07, 6.45) is 0. The Morgan fingerprint density at radius 1 is 1.47 bits per heavy atom. The molecule has 17 heavy (non-hydrogen) atoms. The van der Waals surface area contributed by atoms with Gasteiger partial charge < -0.3 is 15.8 Å². The van der Waals surface area contributed by atoms with Crippen LogP contribution >= 0.6 is 27.3 Å². The Hall–Kier alpha value is -1.27. The van der Waals surface area contributed by atoms with Gasteiger partial charge in [0.2, 0.25) is 5.88 Å². The highest BCUT2D eigenvalue weighted by molar-refractivity contribution is 9.10. The third-order valence-electron chi connectivity index (χ3n) is 2.20. The minimum atomic E-state index is 0.445. The molecule has 2 aromatic heterocycles. The first-order chi connectivity index (χ1) is 8.20. The van der Waals surface area contributed by atoms with Crippen LogP contribution in [0.1, 0.15) is 4.88 Å². The summed E-state index contributed by atoms with van der Waals surface area (Å²) < 4.78 is 6.17. The van der Waals surface area contributed by atoms with Crippen LogP contribution in [0.4, 0.5) is 11.5 Å². The Bertz CT molecular complexity index is 515. The lowest BCUT2D eigenvalue weighted by atomic mass is 10.4. The summed E-state index contributed by atoms with van der Waals surface area (Å²) >= 11 is 5.17. The zero-order valence-electron chi connectivity index (χ0n) is 9.24. The summed E-state index contributed by atoms with van der Waals surface area (Å²) in [7, 11) is 1.55. The van der Waals surface area contributed by atoms with Crippen molar-refractivity contribution in [2.75, 3.05) is 18.2 Å². The van der Waals surface area contributed by atoms with Gasteiger partial charge in [0, 0.05) is 9.35 Å². The summed E-state index contributed by atoms with van der Waals surface area (Å²) in [5, 5.41) is 5.26. The van der Waals surface area contributed by atoms with E-state index in [2.05, 4.69) is 26.2 Å². The second-order valence-corrected chi connectivity index (χ2v) is 5.20. The number of thiophene rings is 1. The highest BCUT2D eigenvalue weighted by Gasteiger charge is 2.04. The molecule has 4 nitrogen and oxygen atoms in total. The second kappa shape index (κ2) is 5.37. The molecular formula is C11H12BrN3OS. The SMILES string of the molecule is COc1nc(NCc2sccc2Br)ccc1N. The topological polar surface area (TPSA) is 60.2 Å². The number of nitrogens with one attached hydrogen (secondary N) is 1. The maximum Gasteiger partial charge on any atom is 0.238 e. The molecule has 0 spiro atoms. The Balaban J connectivity index is 2.07. The van der Waals surface area contributed by atoms with E-state index in [0.29, 0.717) is 11.6 Å². The van der Waals surface area contributed by atoms with E-state index < -0.39 is 0 Å². The molecule has 6 heteroatoms. The fraction of sp³-hybridized carbons (Fsp3) is 0.182. The van der Waals surface area contributed by atoms with Gasteiger partial charge in [-0.05, 0) is 39.5 Å². The van der Waals surface area contributed by atoms with Crippen molar-refractivity contribution in [2.45, 2.75) is 6.54 Å². The van der Waals surface area contributed by atoms with Gasteiger partial charge in [-0.25, -0.2) is 0 Å². The number of hydrogen-bond acceptors (Lipinski definition) is 5. The van der Waals surface area contributed by atoms with Crippen molar-refractivity contribution in [3.8, 4) is 5.88 Å². The average Bonchev–Trinajstić information content (AvgIpc) is 2.74. The summed E-state index contributed by atoms with van der Waals surface area (Å²) in [6.45, 7) is 0.721. The van der Waals surface area contributed by atoms with Gasteiger partial charge in [-0.1, -0.05) is 0 Å². The number of rotatable bonds is 4. The van der Waals surface area contributed by atoms with Crippen molar-refractivity contribution in [1.29, 1.82) is 0 Å². The molecule has 0 saturated heterocycles. The van der Waals surface area contributed by atoms with Crippen LogP contribution in [-0.2, 0) is 6.54 Å². The number of pyridine rings is 1. The van der Waals surface area contributed by atoms with E-state index in [4.69, 9.17) is 10.5 Å². The predicted molar refractivity (Wildman–Crippen MR) is 74.5 cm³/mol. The van der Waals surface area contributed by atoms with Crippen LogP contribution in [0.2, 0.25) is 0 Å². The van der Waals surface area contributed by atoms with Crippen molar-refractivity contribution in [1.82, 2.24) is 4.98 Å². The number of anilines is 2. The Morgan fingerprint density at radius 2 is 2.29 bits per heavy atom. The molecule has 2 aromatic rings. The van der Waals surface area contributed by atoms with Crippen molar-refractivity contribution < 1.29 is 4.74 Å². The molecule has 0 bridgehead atoms. The molecule has 0 saturated carbocycles. The number of nitrogens with zero attached hydrogens (tertiary/aromatic N) is 1. The molecule has 0 aromatic carbocycles. The maximum atomic E-state index is 5.69. The van der Waals surface area contributed by atoms with E-state index in [-0.39, 0.29) is 0 Å². The molecule has 0 fully saturated rings. The lowest BCUT2D eigenvalue weighted by Crippen LogP contribution is -2.02. The number of methoxy groups -OCH3 is 1. The number of nitrogen functional groups attached to an aromatic ring is 1. The molecule has 3 N–H and O–H groups in total. The predicted octanol–water partition coefficient (Wildman–Crippen LogP) is 3.11. The van der Waals surface area contributed by atoms with Gasteiger partial charge in [0.05, 0.1) is 19.3 Å². The van der Waals surface area contributed by atoms with E-state index in [1.165, 1.54) is 4.88 Å². The normalized spacial score (nSPS) is 10.2. The minimum absolute atomic E-state index is 0.445. The zero-order valence-corrected chi connectivity index (χ0v) is 11.6. The Kier molecular flexibility index (Phi) is 3.86. The highest BCUT2D eigenvalue weighted by atomic mass is 79.9. The monoisotopic (exact) mass is 313 g/mol. The van der Waals surface area contributed by atoms with Crippen molar-refractivity contribution in [3.05, 3.63) is 32.9 Å². The Morgan fingerprint density at radius 3 is 2.94 bits per heavy atom. The van der Waals surface area contributed by atoms with Crippen molar-refractivity contribution in [3.63, 3.8) is 0 Å². The number of aromatic nitrogens is 1. The zero-order chi connectivity index (χ0) is 12.3. The van der Waals surface area contributed by atoms with Gasteiger partial charge in [-0.3, -0.25) is 0 Å². The summed E-state index contributed by atoms with van der Waals surface area (Å²) in [5.74, 6) is 1.19. The molecule has 90 valence electrons. The van der Waals surface area contributed by atoms with Gasteiger partial charge in [0.25, 0.3) is 0 Å². The molecule has 2 heterocycles. The van der Waals surface area contributed by atoms with Gasteiger partial charge >= 0.3 is 0 Å². The van der Waals surface area contributed by atoms with Gasteiger partial charge in [0.1, 0.15) is 5.82 Å². The van der Waals surface area contributed by atoms with Gasteiger partial charge in [-0.15, -0.1) is 11.3 Å². The molecule has 0 atom stereocenters. The quantitative estimate of drug-likeness (QED) is 0.910. The van der Waals surface area contributed by atoms with E-state index >= 15 is 0 Å². The van der Waals surface area contributed by atoms with E-state index in [1.807, 2.05) is 17.5 Å². The smallest absolute Gasteiger partial charge is 0.238 e. The number of halogens is 1. The van der Waals surface area contributed by atoms with Gasteiger partial charge in [0.15, 0.2) is 0 Å². The molecule has 0 radical (unpaired) electrons. The van der Waals surface area contributed by atoms with Crippen LogP contribution in [-0.4, -0.2) is 12.1 Å². The fourth-order valence-electron chi connectivity index (χ4n) is 1.34. The van der Waals surface area contributed by atoms with Gasteiger partial charge in [-0.2, -0.15) is 4.98 Å². The number of ether oxygens (including phenoxy) is 1. The first kappa shape index (κ1) is 12.2. The van der Waals surface area contributed by atoms with E-state index in [0.717, 1.165) is 16.8 Å². The molecule has 0 aliphatic carbocycles. The Labute approximate surface area is 112 Å². The average molecular weight is 314 g/mol. The van der Waals surface area contributed by atoms with Crippen LogP contribution in [0.3, 0.4) is 0 Å². The minimum Gasteiger partial charge on any atom is -0.479 e. The van der Waals surface area contributed by atoms with E-state index in [1.54, 1.807) is 24.5 Å². The summed E-state index contributed by atoms with van der Waals surface area (Å²) in [6, 6.07) is 5.63. The summed E-state index contributed by atoms with van der Waals surface area (Å²) in [5.41, 5.74) is 6.23. The van der Waals surface area contributed by atoms with Crippen LogP contribution in [0.15, 0.2) is 28.1 Å².